The van der Waals surface area contributed by atoms with Gasteiger partial charge in [0, 0.05) is 54.0 Å². The van der Waals surface area contributed by atoms with Crippen LogP contribution in [0.5, 0.6) is 5.75 Å². The summed E-state index contributed by atoms with van der Waals surface area (Å²) in [6, 6.07) is 26.7. The highest BCUT2D eigenvalue weighted by molar-refractivity contribution is 6.31. The first-order valence-electron chi connectivity index (χ1n) is 10.9. The lowest BCUT2D eigenvalue weighted by Gasteiger charge is -2.24. The quantitative estimate of drug-likeness (QED) is 0.286. The maximum Gasteiger partial charge on any atom is 0.123 e. The molecule has 0 saturated heterocycles. The van der Waals surface area contributed by atoms with Crippen LogP contribution in [0, 0.1) is 0 Å². The fourth-order valence-corrected chi connectivity index (χ4v) is 4.10. The van der Waals surface area contributed by atoms with Crippen LogP contribution in [0.1, 0.15) is 17.5 Å². The second-order valence-corrected chi connectivity index (χ2v) is 8.24. The highest BCUT2D eigenvalue weighted by Gasteiger charge is 2.11. The highest BCUT2D eigenvalue weighted by atomic mass is 35.5. The normalized spacial score (nSPS) is 11.1. The number of benzene rings is 3. The molecule has 0 amide bonds. The number of hydrogen-bond donors (Lipinski definition) is 1. The van der Waals surface area contributed by atoms with Crippen LogP contribution in [0.25, 0.3) is 10.9 Å². The minimum absolute atomic E-state index is 0.704. The number of para-hydroxylation sites is 1. The van der Waals surface area contributed by atoms with Crippen LogP contribution in [0.4, 0.5) is 5.69 Å². The van der Waals surface area contributed by atoms with Gasteiger partial charge in [0.15, 0.2) is 0 Å². The van der Waals surface area contributed by atoms with E-state index in [1.54, 1.807) is 7.11 Å². The van der Waals surface area contributed by atoms with Gasteiger partial charge in [0.1, 0.15) is 5.75 Å². The maximum absolute atomic E-state index is 6.11. The van der Waals surface area contributed by atoms with Gasteiger partial charge < -0.3 is 10.1 Å². The number of halogens is 1. The molecule has 4 aromatic rings. The molecule has 0 spiro atoms. The molecule has 3 aromatic carbocycles. The van der Waals surface area contributed by atoms with Gasteiger partial charge >= 0.3 is 0 Å². The van der Waals surface area contributed by atoms with Crippen molar-refractivity contribution in [1.29, 1.82) is 0 Å². The van der Waals surface area contributed by atoms with Gasteiger partial charge in [0.2, 0.25) is 0 Å². The van der Waals surface area contributed by atoms with Crippen LogP contribution >= 0.6 is 11.6 Å². The van der Waals surface area contributed by atoms with E-state index in [9.17, 15) is 0 Å². The van der Waals surface area contributed by atoms with E-state index >= 15 is 0 Å². The molecule has 0 atom stereocenters. The predicted molar refractivity (Wildman–Crippen MR) is 133 cm³/mol. The van der Waals surface area contributed by atoms with Crippen molar-refractivity contribution < 1.29 is 4.74 Å². The third-order valence-electron chi connectivity index (χ3n) is 5.51. The Kier molecular flexibility index (Phi) is 7.59. The summed E-state index contributed by atoms with van der Waals surface area (Å²) in [4.78, 5) is 6.90. The Bertz CT molecular complexity index is 1150. The molecule has 0 bridgehead atoms. The van der Waals surface area contributed by atoms with Crippen molar-refractivity contribution in [3.63, 3.8) is 0 Å². The molecule has 0 fully saturated rings. The molecule has 32 heavy (non-hydrogen) atoms. The summed E-state index contributed by atoms with van der Waals surface area (Å²) >= 11 is 6.11. The molecule has 0 saturated carbocycles. The fourth-order valence-electron chi connectivity index (χ4n) is 3.93. The smallest absolute Gasteiger partial charge is 0.123 e. The third-order valence-corrected chi connectivity index (χ3v) is 5.74. The number of pyridine rings is 1. The summed E-state index contributed by atoms with van der Waals surface area (Å²) in [6.45, 7) is 3.58. The summed E-state index contributed by atoms with van der Waals surface area (Å²) < 4.78 is 5.57. The summed E-state index contributed by atoms with van der Waals surface area (Å²) in [7, 11) is 1.73. The number of fused-ring (bicyclic) bond motifs is 1. The molecule has 0 radical (unpaired) electrons. The molecule has 164 valence electrons. The molecular formula is C27H28ClN3O. The molecule has 4 rings (SSSR count). The Morgan fingerprint density at radius 1 is 0.938 bits per heavy atom. The monoisotopic (exact) mass is 445 g/mol. The van der Waals surface area contributed by atoms with Gasteiger partial charge in [-0.3, -0.25) is 9.88 Å². The number of rotatable bonds is 10. The van der Waals surface area contributed by atoms with E-state index < -0.39 is 0 Å². The number of hydrogen-bond acceptors (Lipinski definition) is 4. The van der Waals surface area contributed by atoms with Crippen LogP contribution in [-0.4, -0.2) is 30.1 Å². The summed E-state index contributed by atoms with van der Waals surface area (Å²) in [5.41, 5.74) is 4.51. The van der Waals surface area contributed by atoms with Gasteiger partial charge in [-0.15, -0.1) is 0 Å². The van der Waals surface area contributed by atoms with Gasteiger partial charge in [0.25, 0.3) is 0 Å². The summed E-state index contributed by atoms with van der Waals surface area (Å²) in [5, 5.41) is 5.37. The average Bonchev–Trinajstić information content (AvgIpc) is 2.82. The van der Waals surface area contributed by atoms with E-state index in [4.69, 9.17) is 16.3 Å². The number of ether oxygens (including phenoxy) is 1. The number of methoxy groups -OCH3 is 1. The van der Waals surface area contributed by atoms with Gasteiger partial charge in [-0.2, -0.15) is 0 Å². The molecule has 0 aliphatic rings. The van der Waals surface area contributed by atoms with Crippen molar-refractivity contribution in [3.8, 4) is 5.75 Å². The number of nitrogens with zero attached hydrogens (tertiary/aromatic N) is 2. The Hall–Kier alpha value is -3.08. The van der Waals surface area contributed by atoms with Gasteiger partial charge in [0.05, 0.1) is 12.6 Å². The molecule has 0 aliphatic carbocycles. The Labute approximate surface area is 194 Å². The maximum atomic E-state index is 6.11. The van der Waals surface area contributed by atoms with Gasteiger partial charge in [-0.25, -0.2) is 0 Å². The molecule has 5 heteroatoms. The highest BCUT2D eigenvalue weighted by Crippen LogP contribution is 2.24. The first-order chi connectivity index (χ1) is 15.7. The topological polar surface area (TPSA) is 37.4 Å². The van der Waals surface area contributed by atoms with Crippen LogP contribution in [0.15, 0.2) is 85.1 Å². The van der Waals surface area contributed by atoms with Crippen molar-refractivity contribution in [3.05, 3.63) is 101 Å². The van der Waals surface area contributed by atoms with Crippen LogP contribution in [0.2, 0.25) is 5.02 Å². The lowest BCUT2D eigenvalue weighted by molar-refractivity contribution is 0.251. The van der Waals surface area contributed by atoms with E-state index in [1.807, 2.05) is 42.6 Å². The predicted octanol–water partition coefficient (Wildman–Crippen LogP) is 6.40. The van der Waals surface area contributed by atoms with Crippen molar-refractivity contribution in [1.82, 2.24) is 9.88 Å². The third kappa shape index (κ3) is 5.78. The zero-order valence-electron chi connectivity index (χ0n) is 18.3. The van der Waals surface area contributed by atoms with E-state index in [0.29, 0.717) is 5.02 Å². The van der Waals surface area contributed by atoms with Crippen LogP contribution < -0.4 is 10.1 Å². The van der Waals surface area contributed by atoms with E-state index in [0.717, 1.165) is 54.9 Å². The Balaban J connectivity index is 1.41. The minimum atomic E-state index is 0.704. The summed E-state index contributed by atoms with van der Waals surface area (Å²) in [5.74, 6) is 0.936. The number of aromatic nitrogens is 1. The van der Waals surface area contributed by atoms with E-state index in [2.05, 4.69) is 57.7 Å². The molecule has 4 nitrogen and oxygen atoms in total. The number of nitrogens with one attached hydrogen (secondary N) is 1. The Morgan fingerprint density at radius 3 is 2.59 bits per heavy atom. The van der Waals surface area contributed by atoms with Crippen molar-refractivity contribution in [2.45, 2.75) is 19.5 Å². The first kappa shape index (κ1) is 22.1. The largest absolute Gasteiger partial charge is 0.496 e. The molecule has 1 aromatic heterocycles. The molecule has 1 heterocycles. The molecule has 0 unspecified atom stereocenters. The van der Waals surface area contributed by atoms with Crippen molar-refractivity contribution >= 4 is 28.2 Å². The summed E-state index contributed by atoms with van der Waals surface area (Å²) in [6.07, 6.45) is 2.84. The van der Waals surface area contributed by atoms with Crippen LogP contribution in [0.3, 0.4) is 0 Å². The standard InChI is InChI=1S/C27H28ClN3O/c1-32-27-11-6-5-10-22(27)20-31(19-21-8-3-2-4-9-21)17-7-15-29-25-14-16-30-26-18-23(28)12-13-24(25)26/h2-6,8-14,16,18H,7,15,17,19-20H2,1H3,(H,29,30). The molecule has 0 aliphatic heterocycles. The average molecular weight is 446 g/mol. The Morgan fingerprint density at radius 2 is 1.75 bits per heavy atom. The lowest BCUT2D eigenvalue weighted by atomic mass is 10.1. The minimum Gasteiger partial charge on any atom is -0.496 e. The number of anilines is 1. The van der Waals surface area contributed by atoms with Crippen LogP contribution in [-0.2, 0) is 13.1 Å². The molecule has 1 N–H and O–H groups in total. The second-order valence-electron chi connectivity index (χ2n) is 7.81. The van der Waals surface area contributed by atoms with Gasteiger partial charge in [-0.05, 0) is 42.3 Å². The fraction of sp³-hybridized carbons (Fsp3) is 0.222. The molecular weight excluding hydrogens is 418 g/mol. The van der Waals surface area contributed by atoms with E-state index in [1.165, 1.54) is 11.1 Å². The zero-order chi connectivity index (χ0) is 22.2. The van der Waals surface area contributed by atoms with E-state index in [-0.39, 0.29) is 0 Å². The van der Waals surface area contributed by atoms with Crippen molar-refractivity contribution in [2.75, 3.05) is 25.5 Å². The zero-order valence-corrected chi connectivity index (χ0v) is 19.1. The van der Waals surface area contributed by atoms with Gasteiger partial charge in [-0.1, -0.05) is 60.1 Å². The first-order valence-corrected chi connectivity index (χ1v) is 11.3. The van der Waals surface area contributed by atoms with Crippen molar-refractivity contribution in [2.24, 2.45) is 0 Å². The second kappa shape index (κ2) is 11.0. The lowest BCUT2D eigenvalue weighted by Crippen LogP contribution is -2.25. The SMILES string of the molecule is COc1ccccc1CN(CCCNc1ccnc2cc(Cl)ccc12)Cc1ccccc1.